The molecule has 0 bridgehead atoms. The maximum absolute atomic E-state index is 14.1. The van der Waals surface area contributed by atoms with E-state index in [1.54, 1.807) is 16.8 Å². The van der Waals surface area contributed by atoms with Crippen molar-refractivity contribution >= 4 is 28.9 Å². The number of aliphatic hydroxyl groups is 2. The minimum Gasteiger partial charge on any atom is -0.448 e. The third kappa shape index (κ3) is 4.56. The molecular weight excluding hydrogens is 585 g/mol. The van der Waals surface area contributed by atoms with E-state index in [4.69, 9.17) is 9.47 Å². The van der Waals surface area contributed by atoms with E-state index in [-0.39, 0.29) is 46.2 Å². The molecule has 2 N–H and O–H groups in total. The number of esters is 1. The molecular formula is C33H38FN3O6S. The van der Waals surface area contributed by atoms with Crippen LogP contribution in [0.4, 0.5) is 4.39 Å². The highest BCUT2D eigenvalue weighted by molar-refractivity contribution is 8.14. The van der Waals surface area contributed by atoms with E-state index in [9.17, 15) is 29.5 Å². The normalized spacial score (nSPS) is 33.7. The molecule has 0 spiro atoms. The van der Waals surface area contributed by atoms with Crippen LogP contribution in [0.3, 0.4) is 0 Å². The molecule has 1 aromatic heterocycles. The van der Waals surface area contributed by atoms with Gasteiger partial charge >= 0.3 is 5.97 Å². The molecule has 3 saturated carbocycles. The number of hydrogen-bond donors (Lipinski definition) is 2. The van der Waals surface area contributed by atoms with Crippen LogP contribution in [0.2, 0.25) is 0 Å². The minimum atomic E-state index is -1.44. The van der Waals surface area contributed by atoms with Crippen LogP contribution < -0.4 is 0 Å². The first kappa shape index (κ1) is 31.0. The second kappa shape index (κ2) is 11.4. The Kier molecular flexibility index (Phi) is 8.02. The Bertz CT molecular complexity index is 1570. The van der Waals surface area contributed by atoms with Crippen LogP contribution in [0.5, 0.6) is 0 Å². The zero-order valence-electron chi connectivity index (χ0n) is 25.2. The lowest BCUT2D eigenvalue weighted by atomic mass is 9.45. The van der Waals surface area contributed by atoms with Crippen molar-refractivity contribution in [2.45, 2.75) is 70.7 Å². The van der Waals surface area contributed by atoms with E-state index >= 15 is 0 Å². The van der Waals surface area contributed by atoms with E-state index in [2.05, 4.69) is 18.1 Å². The topological polar surface area (TPSA) is 135 Å². The fraction of sp³-hybridized carbons (Fsp3) is 0.576. The number of carbonyl (C=O) groups is 2. The molecule has 7 atom stereocenters. The smallest absolute Gasteiger partial charge is 0.333 e. The van der Waals surface area contributed by atoms with Crippen LogP contribution in [-0.2, 0) is 32.1 Å². The van der Waals surface area contributed by atoms with Gasteiger partial charge in [-0.15, -0.1) is 0 Å². The van der Waals surface area contributed by atoms with Crippen molar-refractivity contribution in [1.82, 2.24) is 9.78 Å². The van der Waals surface area contributed by atoms with E-state index in [1.807, 2.05) is 19.2 Å². The molecule has 9 nitrogen and oxygen atoms in total. The number of nitriles is 1. The molecule has 0 amide bonds. The standard InChI is InChI=1S/C33H38FN3O6S/c1-31-14-20-16-36-37(22-5-7-25(34)19(12-22)17-38)26(20)13-21(31)4-6-23-24-8-9-33(30(41)44-11-10-35,43-28(40)18-42-3)32(24,2)15-27(39)29(23)31/h5,7,12-13,16,23-24,27,29,38-39H,4,6,8-9,11,14-15,17-18H2,1-3H3/t23-,24-,27-,29+,31-,32-,33-/m0/s1. The molecule has 0 saturated heterocycles. The fourth-order valence-electron chi connectivity index (χ4n) is 9.29. The third-order valence-electron chi connectivity index (χ3n) is 11.1. The van der Waals surface area contributed by atoms with Gasteiger partial charge in [0.25, 0.3) is 0 Å². The highest BCUT2D eigenvalue weighted by atomic mass is 32.2. The molecule has 44 heavy (non-hydrogen) atoms. The molecule has 4 aliphatic carbocycles. The Morgan fingerprint density at radius 1 is 1.30 bits per heavy atom. The van der Waals surface area contributed by atoms with Crippen molar-refractivity contribution < 1.29 is 33.7 Å². The lowest BCUT2D eigenvalue weighted by Gasteiger charge is -2.60. The number of rotatable bonds is 7. The Morgan fingerprint density at radius 3 is 2.82 bits per heavy atom. The van der Waals surface area contributed by atoms with Crippen LogP contribution >= 0.6 is 11.8 Å². The van der Waals surface area contributed by atoms with Gasteiger partial charge in [-0.25, -0.2) is 13.9 Å². The number of ether oxygens (including phenoxy) is 2. The van der Waals surface area contributed by atoms with E-state index < -0.39 is 35.5 Å². The second-order valence-corrected chi connectivity index (χ2v) is 14.1. The molecule has 2 aromatic rings. The lowest BCUT2D eigenvalue weighted by Crippen LogP contribution is -2.62. The lowest BCUT2D eigenvalue weighted by molar-refractivity contribution is -0.198. The van der Waals surface area contributed by atoms with Gasteiger partial charge in [0, 0.05) is 18.1 Å². The Hall–Kier alpha value is -3.04. The van der Waals surface area contributed by atoms with Crippen LogP contribution in [-0.4, -0.2) is 62.3 Å². The quantitative estimate of drug-likeness (QED) is 0.431. The molecule has 0 unspecified atom stereocenters. The molecule has 11 heteroatoms. The first-order valence-corrected chi connectivity index (χ1v) is 16.1. The summed E-state index contributed by atoms with van der Waals surface area (Å²) in [5.41, 5.74) is 1.48. The number of nitrogens with zero attached hydrogens (tertiary/aromatic N) is 3. The van der Waals surface area contributed by atoms with Gasteiger partial charge in [-0.2, -0.15) is 10.4 Å². The van der Waals surface area contributed by atoms with Crippen LogP contribution in [0.1, 0.15) is 62.8 Å². The highest BCUT2D eigenvalue weighted by Crippen LogP contribution is 2.68. The van der Waals surface area contributed by atoms with Gasteiger partial charge in [0.15, 0.2) is 5.60 Å². The SMILES string of the molecule is COCC(=O)O[C@]1(C(=O)SCC#N)CC[C@H]2[C@@H]3CCC4=Cc5c(cnn5-c5ccc(F)c(CO)c5)C[C@]4(C)[C@H]3[C@@H](O)C[C@@]21C. The molecule has 0 radical (unpaired) electrons. The predicted octanol–water partition coefficient (Wildman–Crippen LogP) is 4.37. The van der Waals surface area contributed by atoms with Gasteiger partial charge in [0.1, 0.15) is 12.4 Å². The summed E-state index contributed by atoms with van der Waals surface area (Å²) in [5.74, 6) is -1.06. The summed E-state index contributed by atoms with van der Waals surface area (Å²) in [6, 6.07) is 6.61. The molecule has 1 heterocycles. The van der Waals surface area contributed by atoms with E-state index in [0.717, 1.165) is 35.9 Å². The van der Waals surface area contributed by atoms with Gasteiger partial charge in [0.05, 0.1) is 42.1 Å². The van der Waals surface area contributed by atoms with Crippen molar-refractivity contribution in [3.05, 3.63) is 52.6 Å². The Balaban J connectivity index is 1.34. The number of methoxy groups -OCH3 is 1. The molecule has 1 aromatic carbocycles. The summed E-state index contributed by atoms with van der Waals surface area (Å²) in [7, 11) is 1.40. The number of thioether (sulfide) groups is 1. The number of halogens is 1. The van der Waals surface area contributed by atoms with Crippen LogP contribution in [0.15, 0.2) is 30.0 Å². The fourth-order valence-corrected chi connectivity index (χ4v) is 10.1. The molecule has 0 aliphatic heterocycles. The number of aromatic nitrogens is 2. The van der Waals surface area contributed by atoms with Crippen molar-refractivity contribution in [2.75, 3.05) is 19.5 Å². The number of aliphatic hydroxyl groups excluding tert-OH is 2. The van der Waals surface area contributed by atoms with Gasteiger partial charge < -0.3 is 19.7 Å². The Morgan fingerprint density at radius 2 is 2.09 bits per heavy atom. The second-order valence-electron chi connectivity index (χ2n) is 13.2. The Labute approximate surface area is 260 Å². The maximum Gasteiger partial charge on any atom is 0.333 e. The van der Waals surface area contributed by atoms with Crippen molar-refractivity contribution in [3.63, 3.8) is 0 Å². The summed E-state index contributed by atoms with van der Waals surface area (Å²) in [6.07, 6.45) is 6.88. The van der Waals surface area contributed by atoms with Crippen molar-refractivity contribution in [3.8, 4) is 11.8 Å². The number of fused-ring (bicyclic) bond motifs is 6. The number of benzene rings is 1. The summed E-state index contributed by atoms with van der Waals surface area (Å²) in [5, 5.41) is 35.1. The molecule has 4 aliphatic rings. The highest BCUT2D eigenvalue weighted by Gasteiger charge is 2.70. The zero-order valence-corrected chi connectivity index (χ0v) is 26.0. The van der Waals surface area contributed by atoms with Crippen LogP contribution in [0, 0.1) is 45.7 Å². The first-order valence-electron chi connectivity index (χ1n) is 15.1. The molecule has 6 rings (SSSR count). The number of hydrogen-bond acceptors (Lipinski definition) is 9. The van der Waals surface area contributed by atoms with Gasteiger partial charge in [-0.1, -0.05) is 31.2 Å². The monoisotopic (exact) mass is 623 g/mol. The first-order chi connectivity index (χ1) is 21.0. The average molecular weight is 624 g/mol. The van der Waals surface area contributed by atoms with E-state index in [1.165, 1.54) is 18.7 Å². The summed E-state index contributed by atoms with van der Waals surface area (Å²) < 4.78 is 26.9. The van der Waals surface area contributed by atoms with E-state index in [0.29, 0.717) is 31.4 Å². The predicted molar refractivity (Wildman–Crippen MR) is 161 cm³/mol. The summed E-state index contributed by atoms with van der Waals surface area (Å²) >= 11 is 0.878. The van der Waals surface area contributed by atoms with Crippen molar-refractivity contribution in [1.29, 1.82) is 5.26 Å². The summed E-state index contributed by atoms with van der Waals surface area (Å²) in [4.78, 5) is 26.6. The maximum atomic E-state index is 14.1. The van der Waals surface area contributed by atoms with Gasteiger partial charge in [-0.05, 0) is 91.5 Å². The number of allylic oxidation sites excluding steroid dienone is 1. The van der Waals surface area contributed by atoms with Crippen LogP contribution in [0.25, 0.3) is 11.8 Å². The van der Waals surface area contributed by atoms with Crippen molar-refractivity contribution in [2.24, 2.45) is 28.6 Å². The molecule has 3 fully saturated rings. The third-order valence-corrected chi connectivity index (χ3v) is 12.0. The minimum absolute atomic E-state index is 0.0384. The largest absolute Gasteiger partial charge is 0.448 e. The van der Waals surface area contributed by atoms with Gasteiger partial charge in [-0.3, -0.25) is 4.79 Å². The van der Waals surface area contributed by atoms with Gasteiger partial charge in [0.2, 0.25) is 5.12 Å². The summed E-state index contributed by atoms with van der Waals surface area (Å²) in [6.45, 7) is 3.51. The number of carbonyl (C=O) groups excluding carboxylic acids is 2. The average Bonchev–Trinajstić information content (AvgIpc) is 3.52. The zero-order chi connectivity index (χ0) is 31.4. The molecule has 234 valence electrons.